The van der Waals surface area contributed by atoms with Crippen LogP contribution in [0.3, 0.4) is 0 Å². The van der Waals surface area contributed by atoms with Crippen LogP contribution in [0.1, 0.15) is 97.0 Å². The molecule has 4 aromatic carbocycles. The van der Waals surface area contributed by atoms with Crippen LogP contribution in [-0.4, -0.2) is 35.1 Å². The minimum Gasteiger partial charge on any atom is -0.489 e. The van der Waals surface area contributed by atoms with Gasteiger partial charge in [0, 0.05) is 51.5 Å². The van der Waals surface area contributed by atoms with Gasteiger partial charge in [-0.15, -0.1) is 22.7 Å². The SMILES string of the molecule is O=C1Nc2ccc(OCc3c(-c4c(Cl)cccc4Cl)noc3C3CC3)cc2C12CC2.O=COc1csc(Br)c1.O=COc1csc(N2C(=O)C3(CC3)c3cc(OCc4c(-c5c(Cl)cccc5Cl)noc4C4CC4)ccc32)c1. The van der Waals surface area contributed by atoms with Gasteiger partial charge in [0.2, 0.25) is 11.8 Å². The molecule has 4 saturated carbocycles. The first-order chi connectivity index (χ1) is 37.4. The van der Waals surface area contributed by atoms with Gasteiger partial charge in [-0.05, 0) is 139 Å². The van der Waals surface area contributed by atoms with Gasteiger partial charge < -0.3 is 33.3 Å². The Kier molecular flexibility index (Phi) is 14.0. The molecule has 8 aromatic rings. The number of carbonyl (C=O) groups excluding carboxylic acids is 4. The number of thiophene rings is 2. The molecule has 2 amide bonds. The summed E-state index contributed by atoms with van der Waals surface area (Å²) in [7, 11) is 0. The number of fused-ring (bicyclic) bond motifs is 4. The highest BCUT2D eigenvalue weighted by atomic mass is 79.9. The molecule has 4 fully saturated rings. The van der Waals surface area contributed by atoms with E-state index < -0.39 is 5.41 Å². The third kappa shape index (κ3) is 9.93. The van der Waals surface area contributed by atoms with Crippen molar-refractivity contribution in [2.24, 2.45) is 0 Å². The van der Waals surface area contributed by atoms with Gasteiger partial charge in [-0.3, -0.25) is 24.1 Å². The number of amides is 2. The zero-order valence-electron chi connectivity index (χ0n) is 40.2. The van der Waals surface area contributed by atoms with Gasteiger partial charge in [0.1, 0.15) is 64.1 Å². The lowest BCUT2D eigenvalue weighted by atomic mass is 9.98. The van der Waals surface area contributed by atoms with Crippen LogP contribution in [0.4, 0.5) is 16.4 Å². The summed E-state index contributed by atoms with van der Waals surface area (Å²) in [6, 6.07) is 25.7. The van der Waals surface area contributed by atoms with Gasteiger partial charge in [0.15, 0.2) is 0 Å². The smallest absolute Gasteiger partial charge is 0.298 e. The monoisotopic (exact) mass is 1210 g/mol. The van der Waals surface area contributed by atoms with E-state index in [-0.39, 0.29) is 23.8 Å². The Morgan fingerprint density at radius 1 is 0.649 bits per heavy atom. The van der Waals surface area contributed by atoms with Crippen molar-refractivity contribution in [3.05, 3.63) is 153 Å². The van der Waals surface area contributed by atoms with Crippen LogP contribution < -0.4 is 29.2 Å². The summed E-state index contributed by atoms with van der Waals surface area (Å²) in [6.07, 6.45) is 7.59. The number of rotatable bonds is 15. The fourth-order valence-electron chi connectivity index (χ4n) is 9.91. The van der Waals surface area contributed by atoms with Gasteiger partial charge >= 0.3 is 0 Å². The first-order valence-corrected chi connectivity index (χ1v) is 28.6. The Bertz CT molecular complexity index is 3610. The van der Waals surface area contributed by atoms with Crippen molar-refractivity contribution in [1.82, 2.24) is 10.3 Å². The standard InChI is InChI=1S/C28H20Cl2N2O5S.C23H18Cl2N2O3.C5H3BrO2S/c29-20-2-1-3-21(30)24(20)25-18(26(37-31-25)15-4-5-15)12-35-16-6-7-22-19(10-16)28(8-9-28)27(34)32(22)23-11-17(13-38-23)36-14-33;24-16-2-1-3-17(25)19(16)20-14(21(30-27-20)12-4-5-12)11-29-13-6-7-18-15(10-13)23(8-9-23)22(28)26-18;6-5-1-4(2-9-5)8-3-7/h1-3,6-7,10-11,13-15H,4-5,8-9,12H2;1-3,6-7,10,12H,4-5,8-9,11H2,(H,26,28);1-3H. The second-order valence-electron chi connectivity index (χ2n) is 19.3. The molecule has 21 heteroatoms. The van der Waals surface area contributed by atoms with E-state index in [4.69, 9.17) is 69.7 Å². The van der Waals surface area contributed by atoms with Gasteiger partial charge in [-0.1, -0.05) is 68.8 Å². The lowest BCUT2D eigenvalue weighted by Crippen LogP contribution is -2.27. The lowest BCUT2D eigenvalue weighted by molar-refractivity contribution is -0.121. The van der Waals surface area contributed by atoms with Crippen molar-refractivity contribution in [2.75, 3.05) is 10.2 Å². The molecule has 14 nitrogen and oxygen atoms in total. The molecule has 2 aliphatic heterocycles. The molecule has 77 heavy (non-hydrogen) atoms. The quantitative estimate of drug-likeness (QED) is 0.0964. The van der Waals surface area contributed by atoms with Crippen molar-refractivity contribution in [2.45, 2.75) is 87.2 Å². The average Bonchev–Trinajstić information content (AvgIpc) is 4.53. The Hall–Kier alpha value is -6.18. The van der Waals surface area contributed by atoms with E-state index in [1.807, 2.05) is 36.4 Å². The summed E-state index contributed by atoms with van der Waals surface area (Å²) in [4.78, 5) is 48.0. The fraction of sp³-hybridized carbons (Fsp3) is 0.250. The van der Waals surface area contributed by atoms with Gasteiger partial charge in [0.05, 0.1) is 51.5 Å². The molecule has 6 heterocycles. The highest BCUT2D eigenvalue weighted by molar-refractivity contribution is 9.11. The average molecular weight is 1220 g/mol. The number of ether oxygens (including phenoxy) is 4. The molecule has 1 N–H and O–H groups in total. The Morgan fingerprint density at radius 3 is 1.65 bits per heavy atom. The number of nitrogens with zero attached hydrogens (tertiary/aromatic N) is 3. The van der Waals surface area contributed by atoms with Gasteiger partial charge in [-0.2, -0.15) is 0 Å². The van der Waals surface area contributed by atoms with Crippen LogP contribution in [0.25, 0.3) is 22.5 Å². The highest BCUT2D eigenvalue weighted by Crippen LogP contribution is 2.61. The molecule has 2 spiro atoms. The second kappa shape index (κ2) is 20.9. The van der Waals surface area contributed by atoms with Crippen LogP contribution in [0.2, 0.25) is 20.1 Å². The number of aromatic nitrogens is 2. The fourth-order valence-corrected chi connectivity index (χ4v) is 12.9. The maximum atomic E-state index is 13.5. The number of anilines is 3. The maximum Gasteiger partial charge on any atom is 0.298 e. The topological polar surface area (TPSA) is 173 Å². The largest absolute Gasteiger partial charge is 0.489 e. The zero-order valence-corrected chi connectivity index (χ0v) is 46.5. The number of nitrogens with one attached hydrogen (secondary N) is 1. The number of hydrogen-bond acceptors (Lipinski definition) is 14. The summed E-state index contributed by atoms with van der Waals surface area (Å²) in [5.41, 5.74) is 7.05. The molecule has 392 valence electrons. The van der Waals surface area contributed by atoms with Crippen LogP contribution in [0.5, 0.6) is 23.0 Å². The first-order valence-electron chi connectivity index (χ1n) is 24.5. The predicted molar refractivity (Wildman–Crippen MR) is 297 cm³/mol. The Morgan fingerprint density at radius 2 is 1.16 bits per heavy atom. The highest BCUT2D eigenvalue weighted by Gasteiger charge is 2.60. The molecule has 4 aromatic heterocycles. The number of halogens is 5. The molecular weight excluding hydrogens is 1170 g/mol. The van der Waals surface area contributed by atoms with E-state index in [2.05, 4.69) is 36.3 Å². The molecule has 6 aliphatic rings. The normalized spacial score (nSPS) is 16.7. The van der Waals surface area contributed by atoms with Crippen LogP contribution in [0.15, 0.2) is 109 Å². The van der Waals surface area contributed by atoms with Crippen molar-refractivity contribution in [1.29, 1.82) is 0 Å². The maximum absolute atomic E-state index is 13.5. The second-order valence-corrected chi connectivity index (χ2v) is 24.2. The summed E-state index contributed by atoms with van der Waals surface area (Å²) in [5, 5.41) is 17.8. The van der Waals surface area contributed by atoms with Crippen molar-refractivity contribution >= 4 is 126 Å². The molecule has 0 saturated heterocycles. The van der Waals surface area contributed by atoms with Gasteiger partial charge in [-0.25, -0.2) is 0 Å². The van der Waals surface area contributed by atoms with E-state index in [0.29, 0.717) is 96.2 Å². The molecule has 0 radical (unpaired) electrons. The van der Waals surface area contributed by atoms with E-state index >= 15 is 0 Å². The van der Waals surface area contributed by atoms with Crippen molar-refractivity contribution in [3.8, 4) is 45.5 Å². The van der Waals surface area contributed by atoms with Crippen molar-refractivity contribution in [3.63, 3.8) is 0 Å². The minimum atomic E-state index is -0.531. The lowest BCUT2D eigenvalue weighted by Gasteiger charge is -2.15. The molecule has 4 aliphatic carbocycles. The predicted octanol–water partition coefficient (Wildman–Crippen LogP) is 15.5. The molecular formula is C56H41BrCl4N4O10S2. The third-order valence-corrected chi connectivity index (χ3v) is 18.1. The van der Waals surface area contributed by atoms with Crippen LogP contribution in [-0.2, 0) is 43.2 Å². The van der Waals surface area contributed by atoms with Crippen LogP contribution >= 0.6 is 85.0 Å². The van der Waals surface area contributed by atoms with Crippen LogP contribution in [0, 0.1) is 0 Å². The number of hydrogen-bond donors (Lipinski definition) is 1. The van der Waals surface area contributed by atoms with E-state index in [9.17, 15) is 19.2 Å². The number of carbonyl (C=O) groups is 4. The van der Waals surface area contributed by atoms with E-state index in [1.54, 1.807) is 64.2 Å². The summed E-state index contributed by atoms with van der Waals surface area (Å²) >= 11 is 31.9. The summed E-state index contributed by atoms with van der Waals surface area (Å²) in [5.74, 6) is 4.84. The van der Waals surface area contributed by atoms with Gasteiger partial charge in [0.25, 0.3) is 12.9 Å². The van der Waals surface area contributed by atoms with Crippen molar-refractivity contribution < 1.29 is 47.2 Å². The van der Waals surface area contributed by atoms with E-state index in [1.165, 1.54) is 22.7 Å². The Balaban J connectivity index is 0.000000136. The Labute approximate surface area is 476 Å². The number of benzene rings is 4. The minimum absolute atomic E-state index is 0.0369. The first kappa shape index (κ1) is 51.6. The molecule has 0 bridgehead atoms. The summed E-state index contributed by atoms with van der Waals surface area (Å²) in [6.45, 7) is 1.31. The molecule has 0 atom stereocenters. The molecule has 0 unspecified atom stereocenters. The zero-order chi connectivity index (χ0) is 53.2. The molecule has 14 rings (SSSR count). The summed E-state index contributed by atoms with van der Waals surface area (Å²) < 4.78 is 34.4. The third-order valence-electron chi connectivity index (χ3n) is 14.4. The van der Waals surface area contributed by atoms with E-state index in [0.717, 1.165) is 106 Å².